The molecule has 96 valence electrons. The van der Waals surface area contributed by atoms with Crippen LogP contribution in [0.25, 0.3) is 0 Å². The van der Waals surface area contributed by atoms with Crippen molar-refractivity contribution in [2.75, 3.05) is 6.54 Å². The molecular formula is C13H23N3O. The fraction of sp³-hybridized carbons (Fsp3) is 0.846. The number of nitrogens with two attached hydrogens (primary N) is 1. The Balaban J connectivity index is 2.03. The summed E-state index contributed by atoms with van der Waals surface area (Å²) < 4.78 is 5.38. The van der Waals surface area contributed by atoms with Crippen molar-refractivity contribution in [3.8, 4) is 0 Å². The SMILES string of the molecule is CCCC(CN)c1nc(C2CCCCC2)no1. The minimum absolute atomic E-state index is 0.241. The molecule has 1 fully saturated rings. The molecular weight excluding hydrogens is 214 g/mol. The van der Waals surface area contributed by atoms with E-state index in [-0.39, 0.29) is 5.92 Å². The average Bonchev–Trinajstić information content (AvgIpc) is 2.86. The molecule has 1 aliphatic rings. The summed E-state index contributed by atoms with van der Waals surface area (Å²) in [7, 11) is 0. The van der Waals surface area contributed by atoms with E-state index in [4.69, 9.17) is 10.3 Å². The van der Waals surface area contributed by atoms with Gasteiger partial charge in [0.05, 0.1) is 5.92 Å². The van der Waals surface area contributed by atoms with Crippen LogP contribution in [0.3, 0.4) is 0 Å². The Kier molecular flexibility index (Phi) is 4.54. The molecule has 1 aliphatic carbocycles. The van der Waals surface area contributed by atoms with Crippen LogP contribution in [0.15, 0.2) is 4.52 Å². The van der Waals surface area contributed by atoms with Gasteiger partial charge in [-0.2, -0.15) is 4.98 Å². The van der Waals surface area contributed by atoms with Gasteiger partial charge in [-0.1, -0.05) is 37.8 Å². The first-order valence-electron chi connectivity index (χ1n) is 6.88. The Morgan fingerprint density at radius 1 is 1.35 bits per heavy atom. The second-order valence-corrected chi connectivity index (χ2v) is 5.05. The summed E-state index contributed by atoms with van der Waals surface area (Å²) in [5.41, 5.74) is 5.75. The molecule has 0 aromatic carbocycles. The minimum atomic E-state index is 0.241. The van der Waals surface area contributed by atoms with Crippen LogP contribution in [-0.4, -0.2) is 16.7 Å². The molecule has 17 heavy (non-hydrogen) atoms. The normalized spacial score (nSPS) is 19.4. The quantitative estimate of drug-likeness (QED) is 0.855. The van der Waals surface area contributed by atoms with E-state index in [0.717, 1.165) is 24.6 Å². The van der Waals surface area contributed by atoms with Gasteiger partial charge in [-0.15, -0.1) is 0 Å². The zero-order chi connectivity index (χ0) is 12.1. The van der Waals surface area contributed by atoms with Gasteiger partial charge in [-0.3, -0.25) is 0 Å². The van der Waals surface area contributed by atoms with Gasteiger partial charge in [-0.05, 0) is 19.3 Å². The predicted octanol–water partition coefficient (Wildman–Crippen LogP) is 2.96. The van der Waals surface area contributed by atoms with Crippen molar-refractivity contribution >= 4 is 0 Å². The molecule has 1 saturated carbocycles. The third-order valence-corrected chi connectivity index (χ3v) is 3.70. The molecule has 1 aromatic heterocycles. The largest absolute Gasteiger partial charge is 0.339 e. The zero-order valence-electron chi connectivity index (χ0n) is 10.7. The van der Waals surface area contributed by atoms with E-state index in [1.165, 1.54) is 32.1 Å². The molecule has 0 aliphatic heterocycles. The molecule has 1 aromatic rings. The maximum atomic E-state index is 5.75. The van der Waals surface area contributed by atoms with E-state index >= 15 is 0 Å². The van der Waals surface area contributed by atoms with Crippen molar-refractivity contribution in [3.05, 3.63) is 11.7 Å². The van der Waals surface area contributed by atoms with E-state index in [2.05, 4.69) is 17.1 Å². The first-order chi connectivity index (χ1) is 8.35. The van der Waals surface area contributed by atoms with Crippen LogP contribution < -0.4 is 5.73 Å². The van der Waals surface area contributed by atoms with E-state index in [1.807, 2.05) is 0 Å². The molecule has 2 N–H and O–H groups in total. The summed E-state index contributed by atoms with van der Waals surface area (Å²) in [5, 5.41) is 4.15. The average molecular weight is 237 g/mol. The highest BCUT2D eigenvalue weighted by Crippen LogP contribution is 2.31. The molecule has 0 bridgehead atoms. The fourth-order valence-corrected chi connectivity index (χ4v) is 2.63. The van der Waals surface area contributed by atoms with Gasteiger partial charge in [0.1, 0.15) is 0 Å². The third kappa shape index (κ3) is 3.06. The van der Waals surface area contributed by atoms with E-state index in [9.17, 15) is 0 Å². The van der Waals surface area contributed by atoms with Crippen LogP contribution in [-0.2, 0) is 0 Å². The van der Waals surface area contributed by atoms with E-state index in [0.29, 0.717) is 12.5 Å². The Bertz CT molecular complexity index is 312. The van der Waals surface area contributed by atoms with Crippen LogP contribution in [0.5, 0.6) is 0 Å². The van der Waals surface area contributed by atoms with Crippen LogP contribution in [0.4, 0.5) is 0 Å². The highest BCUT2D eigenvalue weighted by Gasteiger charge is 2.23. The Morgan fingerprint density at radius 2 is 2.12 bits per heavy atom. The highest BCUT2D eigenvalue weighted by atomic mass is 16.5. The maximum Gasteiger partial charge on any atom is 0.231 e. The Hall–Kier alpha value is -0.900. The van der Waals surface area contributed by atoms with Crippen LogP contribution in [0, 0.1) is 0 Å². The summed E-state index contributed by atoms with van der Waals surface area (Å²) in [6.45, 7) is 2.75. The third-order valence-electron chi connectivity index (χ3n) is 3.70. The summed E-state index contributed by atoms with van der Waals surface area (Å²) in [6.07, 6.45) is 8.49. The Morgan fingerprint density at radius 3 is 2.76 bits per heavy atom. The summed E-state index contributed by atoms with van der Waals surface area (Å²) >= 11 is 0. The molecule has 4 nitrogen and oxygen atoms in total. The molecule has 0 amide bonds. The predicted molar refractivity (Wildman–Crippen MR) is 66.8 cm³/mol. The van der Waals surface area contributed by atoms with Gasteiger partial charge in [0, 0.05) is 12.5 Å². The monoisotopic (exact) mass is 237 g/mol. The molecule has 0 radical (unpaired) electrons. The summed E-state index contributed by atoms with van der Waals surface area (Å²) in [6, 6.07) is 0. The fourth-order valence-electron chi connectivity index (χ4n) is 2.63. The molecule has 0 spiro atoms. The lowest BCUT2D eigenvalue weighted by Gasteiger charge is -2.17. The topological polar surface area (TPSA) is 64.9 Å². The summed E-state index contributed by atoms with van der Waals surface area (Å²) in [5.74, 6) is 2.41. The first-order valence-corrected chi connectivity index (χ1v) is 6.88. The van der Waals surface area contributed by atoms with Crippen LogP contribution >= 0.6 is 0 Å². The lowest BCUT2D eigenvalue weighted by Crippen LogP contribution is -2.13. The van der Waals surface area contributed by atoms with Crippen LogP contribution in [0.1, 0.15) is 75.4 Å². The minimum Gasteiger partial charge on any atom is -0.339 e. The standard InChI is InChI=1S/C13H23N3O/c1-2-6-11(9-14)13-15-12(16-17-13)10-7-4-3-5-8-10/h10-11H,2-9,14H2,1H3. The molecule has 1 atom stereocenters. The number of hydrogen-bond donors (Lipinski definition) is 1. The van der Waals surface area contributed by atoms with Gasteiger partial charge < -0.3 is 10.3 Å². The number of rotatable bonds is 5. The van der Waals surface area contributed by atoms with Crippen molar-refractivity contribution in [2.45, 2.75) is 63.7 Å². The second kappa shape index (κ2) is 6.15. The van der Waals surface area contributed by atoms with Crippen molar-refractivity contribution < 1.29 is 4.52 Å². The van der Waals surface area contributed by atoms with E-state index in [1.54, 1.807) is 0 Å². The molecule has 1 unspecified atom stereocenters. The first kappa shape index (κ1) is 12.6. The molecule has 2 rings (SSSR count). The van der Waals surface area contributed by atoms with Crippen LogP contribution in [0.2, 0.25) is 0 Å². The smallest absolute Gasteiger partial charge is 0.231 e. The summed E-state index contributed by atoms with van der Waals surface area (Å²) in [4.78, 5) is 4.57. The second-order valence-electron chi connectivity index (χ2n) is 5.05. The van der Waals surface area contributed by atoms with Gasteiger partial charge in [-0.25, -0.2) is 0 Å². The van der Waals surface area contributed by atoms with Crippen molar-refractivity contribution in [2.24, 2.45) is 5.73 Å². The highest BCUT2D eigenvalue weighted by molar-refractivity contribution is 5.00. The zero-order valence-corrected chi connectivity index (χ0v) is 10.7. The van der Waals surface area contributed by atoms with Gasteiger partial charge in [0.2, 0.25) is 5.89 Å². The lowest BCUT2D eigenvalue weighted by molar-refractivity contribution is 0.336. The molecule has 4 heteroatoms. The number of hydrogen-bond acceptors (Lipinski definition) is 4. The van der Waals surface area contributed by atoms with Crippen molar-refractivity contribution in [3.63, 3.8) is 0 Å². The van der Waals surface area contributed by atoms with Gasteiger partial charge in [0.25, 0.3) is 0 Å². The van der Waals surface area contributed by atoms with E-state index < -0.39 is 0 Å². The van der Waals surface area contributed by atoms with Gasteiger partial charge in [0.15, 0.2) is 5.82 Å². The van der Waals surface area contributed by atoms with Crippen molar-refractivity contribution in [1.82, 2.24) is 10.1 Å². The van der Waals surface area contributed by atoms with Crippen molar-refractivity contribution in [1.29, 1.82) is 0 Å². The number of aromatic nitrogens is 2. The Labute approximate surface area is 103 Å². The number of nitrogens with zero attached hydrogens (tertiary/aromatic N) is 2. The maximum absolute atomic E-state index is 5.75. The molecule has 0 saturated heterocycles. The molecule has 1 heterocycles. The van der Waals surface area contributed by atoms with Gasteiger partial charge >= 0.3 is 0 Å². The lowest BCUT2D eigenvalue weighted by atomic mass is 9.89.